The lowest BCUT2D eigenvalue weighted by Gasteiger charge is -2.08. The van der Waals surface area contributed by atoms with E-state index in [1.54, 1.807) is 0 Å². The van der Waals surface area contributed by atoms with E-state index in [-0.39, 0.29) is 5.91 Å². The summed E-state index contributed by atoms with van der Waals surface area (Å²) in [5, 5.41) is 11.6. The van der Waals surface area contributed by atoms with Crippen LogP contribution in [0.3, 0.4) is 0 Å². The van der Waals surface area contributed by atoms with Gasteiger partial charge in [-0.15, -0.1) is 10.2 Å². The molecule has 1 amide bonds. The molecule has 3 rings (SSSR count). The SMILES string of the molecule is CCCCC(=O)Nc1ccc(-c2nnc3n2CCCCC3)cc1. The molecule has 0 saturated heterocycles. The van der Waals surface area contributed by atoms with Crippen LogP contribution in [0.25, 0.3) is 11.4 Å². The predicted molar refractivity (Wildman–Crippen MR) is 91.2 cm³/mol. The van der Waals surface area contributed by atoms with Crippen molar-refractivity contribution in [3.8, 4) is 11.4 Å². The van der Waals surface area contributed by atoms with Crippen LogP contribution >= 0.6 is 0 Å². The lowest BCUT2D eigenvalue weighted by molar-refractivity contribution is -0.116. The van der Waals surface area contributed by atoms with Gasteiger partial charge in [0.1, 0.15) is 5.82 Å². The van der Waals surface area contributed by atoms with Crippen molar-refractivity contribution in [3.05, 3.63) is 30.1 Å². The van der Waals surface area contributed by atoms with E-state index in [1.807, 2.05) is 24.3 Å². The summed E-state index contributed by atoms with van der Waals surface area (Å²) in [6, 6.07) is 7.91. The van der Waals surface area contributed by atoms with Crippen LogP contribution < -0.4 is 5.32 Å². The lowest BCUT2D eigenvalue weighted by atomic mass is 10.2. The fourth-order valence-corrected chi connectivity index (χ4v) is 2.96. The zero-order valence-electron chi connectivity index (χ0n) is 13.7. The van der Waals surface area contributed by atoms with Gasteiger partial charge >= 0.3 is 0 Å². The second-order valence-electron chi connectivity index (χ2n) is 6.13. The van der Waals surface area contributed by atoms with Crippen LogP contribution in [0, 0.1) is 0 Å². The molecule has 0 radical (unpaired) electrons. The third kappa shape index (κ3) is 3.78. The number of anilines is 1. The Hall–Kier alpha value is -2.17. The first-order valence-electron chi connectivity index (χ1n) is 8.60. The van der Waals surface area contributed by atoms with Gasteiger partial charge in [-0.25, -0.2) is 0 Å². The Morgan fingerprint density at radius 1 is 1.17 bits per heavy atom. The Balaban J connectivity index is 1.72. The second kappa shape index (κ2) is 7.40. The van der Waals surface area contributed by atoms with Gasteiger partial charge < -0.3 is 9.88 Å². The fraction of sp³-hybridized carbons (Fsp3) is 0.500. The number of benzene rings is 1. The van der Waals surface area contributed by atoms with E-state index >= 15 is 0 Å². The molecule has 1 N–H and O–H groups in total. The van der Waals surface area contributed by atoms with Crippen LogP contribution in [0.5, 0.6) is 0 Å². The molecule has 1 aromatic carbocycles. The highest BCUT2D eigenvalue weighted by Gasteiger charge is 2.15. The molecule has 2 aromatic rings. The summed E-state index contributed by atoms with van der Waals surface area (Å²) in [5.41, 5.74) is 1.89. The number of aryl methyl sites for hydroxylation is 1. The van der Waals surface area contributed by atoms with Gasteiger partial charge in [0.2, 0.25) is 5.91 Å². The molecule has 0 atom stereocenters. The summed E-state index contributed by atoms with van der Waals surface area (Å²) in [6.45, 7) is 3.08. The minimum absolute atomic E-state index is 0.0796. The van der Waals surface area contributed by atoms with E-state index in [9.17, 15) is 4.79 Å². The molecule has 1 aromatic heterocycles. The van der Waals surface area contributed by atoms with Gasteiger partial charge in [0, 0.05) is 30.6 Å². The van der Waals surface area contributed by atoms with Crippen molar-refractivity contribution in [2.45, 2.75) is 58.4 Å². The highest BCUT2D eigenvalue weighted by Crippen LogP contribution is 2.24. The van der Waals surface area contributed by atoms with Gasteiger partial charge in [0.05, 0.1) is 0 Å². The number of hydrogen-bond donors (Lipinski definition) is 1. The fourth-order valence-electron chi connectivity index (χ4n) is 2.96. The molecule has 0 spiro atoms. The zero-order chi connectivity index (χ0) is 16.1. The van der Waals surface area contributed by atoms with E-state index in [0.29, 0.717) is 6.42 Å². The molecule has 23 heavy (non-hydrogen) atoms. The summed E-state index contributed by atoms with van der Waals surface area (Å²) in [5.74, 6) is 2.11. The van der Waals surface area contributed by atoms with Gasteiger partial charge in [-0.05, 0) is 43.5 Å². The van der Waals surface area contributed by atoms with Gasteiger partial charge in [-0.1, -0.05) is 19.8 Å². The quantitative estimate of drug-likeness (QED) is 0.913. The van der Waals surface area contributed by atoms with Crippen LogP contribution in [-0.2, 0) is 17.8 Å². The molecule has 1 aliphatic rings. The molecule has 5 heteroatoms. The molecule has 1 aliphatic heterocycles. The number of hydrogen-bond acceptors (Lipinski definition) is 3. The van der Waals surface area contributed by atoms with E-state index in [4.69, 9.17) is 0 Å². The maximum absolute atomic E-state index is 11.8. The second-order valence-corrected chi connectivity index (χ2v) is 6.13. The molecule has 0 aliphatic carbocycles. The summed E-state index contributed by atoms with van der Waals surface area (Å²) in [4.78, 5) is 11.8. The van der Waals surface area contributed by atoms with Crippen LogP contribution in [0.15, 0.2) is 24.3 Å². The molecule has 0 saturated carbocycles. The maximum Gasteiger partial charge on any atom is 0.224 e. The summed E-state index contributed by atoms with van der Waals surface area (Å²) in [7, 11) is 0. The molecule has 5 nitrogen and oxygen atoms in total. The standard InChI is InChI=1S/C18H24N4O/c1-2-3-8-17(23)19-15-11-9-14(10-12-15)18-21-20-16-7-5-4-6-13-22(16)18/h9-12H,2-8,13H2,1H3,(H,19,23). The van der Waals surface area contributed by atoms with E-state index in [2.05, 4.69) is 27.0 Å². The number of nitrogens with zero attached hydrogens (tertiary/aromatic N) is 3. The number of amides is 1. The number of fused-ring (bicyclic) bond motifs is 1. The van der Waals surface area contributed by atoms with Crippen LogP contribution in [0.1, 0.15) is 51.3 Å². The van der Waals surface area contributed by atoms with Crippen molar-refractivity contribution in [2.24, 2.45) is 0 Å². The Labute approximate surface area is 137 Å². The first-order valence-corrected chi connectivity index (χ1v) is 8.60. The molecule has 0 bridgehead atoms. The molecule has 0 fully saturated rings. The molecule has 122 valence electrons. The average molecular weight is 312 g/mol. The molecular weight excluding hydrogens is 288 g/mol. The molecular formula is C18H24N4O. The number of unbranched alkanes of at least 4 members (excludes halogenated alkanes) is 1. The number of nitrogens with one attached hydrogen (secondary N) is 1. The zero-order valence-corrected chi connectivity index (χ0v) is 13.7. The smallest absolute Gasteiger partial charge is 0.224 e. The van der Waals surface area contributed by atoms with Crippen molar-refractivity contribution in [1.29, 1.82) is 0 Å². The summed E-state index contributed by atoms with van der Waals surface area (Å²) in [6.07, 6.45) is 7.19. The van der Waals surface area contributed by atoms with Gasteiger partial charge in [-0.2, -0.15) is 0 Å². The van der Waals surface area contributed by atoms with Gasteiger partial charge in [0.15, 0.2) is 5.82 Å². The van der Waals surface area contributed by atoms with Crippen LogP contribution in [-0.4, -0.2) is 20.7 Å². The first-order chi connectivity index (χ1) is 11.3. The van der Waals surface area contributed by atoms with E-state index in [1.165, 1.54) is 19.3 Å². The van der Waals surface area contributed by atoms with Crippen LogP contribution in [0.2, 0.25) is 0 Å². The first kappa shape index (κ1) is 15.7. The Morgan fingerprint density at radius 2 is 2.00 bits per heavy atom. The average Bonchev–Trinajstić information content (AvgIpc) is 2.82. The van der Waals surface area contributed by atoms with E-state index < -0.39 is 0 Å². The normalized spacial score (nSPS) is 14.1. The van der Waals surface area contributed by atoms with Crippen molar-refractivity contribution in [3.63, 3.8) is 0 Å². The topological polar surface area (TPSA) is 59.8 Å². The lowest BCUT2D eigenvalue weighted by Crippen LogP contribution is -2.10. The number of aromatic nitrogens is 3. The van der Waals surface area contributed by atoms with Gasteiger partial charge in [0.25, 0.3) is 0 Å². The predicted octanol–water partition coefficient (Wildman–Crippen LogP) is 3.80. The van der Waals surface area contributed by atoms with Crippen molar-refractivity contribution in [1.82, 2.24) is 14.8 Å². The number of carbonyl (C=O) groups is 1. The third-order valence-corrected chi connectivity index (χ3v) is 4.29. The Morgan fingerprint density at radius 3 is 2.78 bits per heavy atom. The largest absolute Gasteiger partial charge is 0.326 e. The maximum atomic E-state index is 11.8. The minimum atomic E-state index is 0.0796. The van der Waals surface area contributed by atoms with Crippen molar-refractivity contribution in [2.75, 3.05) is 5.32 Å². The minimum Gasteiger partial charge on any atom is -0.326 e. The van der Waals surface area contributed by atoms with Crippen molar-refractivity contribution >= 4 is 11.6 Å². The molecule has 0 unspecified atom stereocenters. The summed E-state index contributed by atoms with van der Waals surface area (Å²) >= 11 is 0. The monoisotopic (exact) mass is 312 g/mol. The van der Waals surface area contributed by atoms with Crippen LogP contribution in [0.4, 0.5) is 5.69 Å². The van der Waals surface area contributed by atoms with Gasteiger partial charge in [-0.3, -0.25) is 4.79 Å². The number of carbonyl (C=O) groups excluding carboxylic acids is 1. The Kier molecular flexibility index (Phi) is 5.05. The molecule has 2 heterocycles. The highest BCUT2D eigenvalue weighted by molar-refractivity contribution is 5.90. The Bertz CT molecular complexity index is 660. The third-order valence-electron chi connectivity index (χ3n) is 4.29. The van der Waals surface area contributed by atoms with Crippen molar-refractivity contribution < 1.29 is 4.79 Å². The van der Waals surface area contributed by atoms with E-state index in [0.717, 1.165) is 48.7 Å². The highest BCUT2D eigenvalue weighted by atomic mass is 16.1. The number of rotatable bonds is 5. The summed E-state index contributed by atoms with van der Waals surface area (Å²) < 4.78 is 2.24.